The Hall–Kier alpha value is -2.18. The van der Waals surface area contributed by atoms with Gasteiger partial charge in [-0.15, -0.1) is 10.2 Å². The summed E-state index contributed by atoms with van der Waals surface area (Å²) in [6, 6.07) is 12.2. The maximum Gasteiger partial charge on any atom is 0.211 e. The molecule has 2 heterocycles. The molecule has 0 bridgehead atoms. The number of para-hydroxylation sites is 1. The van der Waals surface area contributed by atoms with Crippen molar-refractivity contribution in [2.75, 3.05) is 0 Å². The Morgan fingerprint density at radius 1 is 1.13 bits per heavy atom. The fourth-order valence-electron chi connectivity index (χ4n) is 2.35. The number of hydrogen-bond donors (Lipinski definition) is 1. The Morgan fingerprint density at radius 2 is 2.00 bits per heavy atom. The van der Waals surface area contributed by atoms with Crippen molar-refractivity contribution in [1.29, 1.82) is 0 Å². The standard InChI is InChI=1S/C16H10ClFN4S/c17-12-7-10(18)6-5-9(12)8-23-16-20-15-14(21-22-16)11-3-1-2-4-13(11)19-15/h1-7H,8H2,(H,19,20,22). The number of benzene rings is 2. The number of hydrogen-bond acceptors (Lipinski definition) is 4. The Morgan fingerprint density at radius 3 is 2.87 bits per heavy atom. The minimum absolute atomic E-state index is 0.346. The molecule has 0 aliphatic heterocycles. The third kappa shape index (κ3) is 2.75. The third-order valence-electron chi connectivity index (χ3n) is 3.47. The summed E-state index contributed by atoms with van der Waals surface area (Å²) in [5.41, 5.74) is 3.27. The molecule has 0 saturated heterocycles. The Labute approximate surface area is 140 Å². The van der Waals surface area contributed by atoms with Crippen LogP contribution in [0.1, 0.15) is 5.56 Å². The van der Waals surface area contributed by atoms with Crippen LogP contribution in [0.25, 0.3) is 22.1 Å². The molecule has 0 amide bonds. The van der Waals surface area contributed by atoms with Crippen LogP contribution in [0.2, 0.25) is 5.02 Å². The number of fused-ring (bicyclic) bond motifs is 3. The van der Waals surface area contributed by atoms with E-state index in [-0.39, 0.29) is 5.82 Å². The number of nitrogens with one attached hydrogen (secondary N) is 1. The molecular weight excluding hydrogens is 335 g/mol. The van der Waals surface area contributed by atoms with E-state index in [1.54, 1.807) is 6.07 Å². The van der Waals surface area contributed by atoms with E-state index in [0.29, 0.717) is 21.6 Å². The van der Waals surface area contributed by atoms with Crippen molar-refractivity contribution < 1.29 is 4.39 Å². The van der Waals surface area contributed by atoms with Gasteiger partial charge in [-0.25, -0.2) is 9.37 Å². The zero-order valence-corrected chi connectivity index (χ0v) is 13.3. The van der Waals surface area contributed by atoms with Crippen LogP contribution in [0.5, 0.6) is 0 Å². The Balaban J connectivity index is 1.63. The van der Waals surface area contributed by atoms with Gasteiger partial charge in [0.1, 0.15) is 11.3 Å². The van der Waals surface area contributed by atoms with Crippen LogP contribution < -0.4 is 0 Å². The number of H-pyrrole nitrogens is 1. The van der Waals surface area contributed by atoms with Gasteiger partial charge >= 0.3 is 0 Å². The van der Waals surface area contributed by atoms with Crippen molar-refractivity contribution in [2.45, 2.75) is 10.9 Å². The largest absolute Gasteiger partial charge is 0.338 e. The first-order valence-corrected chi connectivity index (χ1v) is 8.25. The molecule has 4 rings (SSSR count). The van der Waals surface area contributed by atoms with E-state index < -0.39 is 0 Å². The maximum atomic E-state index is 13.1. The second kappa shape index (κ2) is 5.79. The highest BCUT2D eigenvalue weighted by atomic mass is 35.5. The number of aromatic amines is 1. The molecule has 2 aromatic carbocycles. The molecule has 4 aromatic rings. The summed E-state index contributed by atoms with van der Waals surface area (Å²) in [4.78, 5) is 7.72. The molecule has 2 aromatic heterocycles. The molecule has 0 radical (unpaired) electrons. The Kier molecular flexibility index (Phi) is 3.63. The number of thioether (sulfide) groups is 1. The van der Waals surface area contributed by atoms with Gasteiger partial charge in [-0.3, -0.25) is 0 Å². The SMILES string of the molecule is Fc1ccc(CSc2nnc3c(n2)[nH]c2ccccc23)c(Cl)c1. The first kappa shape index (κ1) is 14.4. The Bertz CT molecular complexity index is 1020. The smallest absolute Gasteiger partial charge is 0.211 e. The average Bonchev–Trinajstić information content (AvgIpc) is 2.91. The summed E-state index contributed by atoms with van der Waals surface area (Å²) in [6.07, 6.45) is 0. The summed E-state index contributed by atoms with van der Waals surface area (Å²) in [5.74, 6) is 0.202. The van der Waals surface area contributed by atoms with Gasteiger partial charge in [-0.2, -0.15) is 0 Å². The van der Waals surface area contributed by atoms with Crippen LogP contribution in [0.15, 0.2) is 47.6 Å². The highest BCUT2D eigenvalue weighted by Gasteiger charge is 2.10. The van der Waals surface area contributed by atoms with E-state index in [4.69, 9.17) is 11.6 Å². The quantitative estimate of drug-likeness (QED) is 0.552. The van der Waals surface area contributed by atoms with Crippen LogP contribution >= 0.6 is 23.4 Å². The van der Waals surface area contributed by atoms with Crippen LogP contribution in [-0.2, 0) is 5.75 Å². The molecule has 0 atom stereocenters. The molecule has 4 nitrogen and oxygen atoms in total. The van der Waals surface area contributed by atoms with Crippen LogP contribution in [0.3, 0.4) is 0 Å². The highest BCUT2D eigenvalue weighted by molar-refractivity contribution is 7.98. The van der Waals surface area contributed by atoms with Crippen LogP contribution in [-0.4, -0.2) is 20.2 Å². The fraction of sp³-hybridized carbons (Fsp3) is 0.0625. The lowest BCUT2D eigenvalue weighted by Gasteiger charge is -2.03. The van der Waals surface area contributed by atoms with Gasteiger partial charge < -0.3 is 4.98 Å². The second-order valence-electron chi connectivity index (χ2n) is 4.99. The first-order chi connectivity index (χ1) is 11.2. The van der Waals surface area contributed by atoms with Crippen LogP contribution in [0, 0.1) is 5.82 Å². The maximum absolute atomic E-state index is 13.1. The van der Waals surface area contributed by atoms with E-state index in [1.807, 2.05) is 24.3 Å². The summed E-state index contributed by atoms with van der Waals surface area (Å²) in [6.45, 7) is 0. The minimum atomic E-state index is -0.346. The van der Waals surface area contributed by atoms with Crippen molar-refractivity contribution in [3.05, 3.63) is 58.9 Å². The highest BCUT2D eigenvalue weighted by Crippen LogP contribution is 2.27. The lowest BCUT2D eigenvalue weighted by atomic mass is 10.2. The molecule has 1 N–H and O–H groups in total. The zero-order chi connectivity index (χ0) is 15.8. The summed E-state index contributed by atoms with van der Waals surface area (Å²) >= 11 is 7.43. The molecule has 0 unspecified atom stereocenters. The predicted molar refractivity (Wildman–Crippen MR) is 90.2 cm³/mol. The van der Waals surface area contributed by atoms with Gasteiger partial charge in [0.25, 0.3) is 0 Å². The van der Waals surface area contributed by atoms with Crippen LogP contribution in [0.4, 0.5) is 4.39 Å². The molecule has 0 aliphatic carbocycles. The molecule has 0 aliphatic rings. The molecular formula is C16H10ClFN4S. The van der Waals surface area contributed by atoms with Crippen molar-refractivity contribution in [1.82, 2.24) is 20.2 Å². The fourth-order valence-corrected chi connectivity index (χ4v) is 3.45. The number of halogens is 2. The van der Waals surface area contributed by atoms with Crippen molar-refractivity contribution >= 4 is 45.4 Å². The van der Waals surface area contributed by atoms with E-state index in [1.165, 1.54) is 23.9 Å². The minimum Gasteiger partial charge on any atom is -0.338 e. The number of aromatic nitrogens is 4. The van der Waals surface area contributed by atoms with Gasteiger partial charge in [-0.1, -0.05) is 47.6 Å². The predicted octanol–water partition coefficient (Wildman–Crippen LogP) is 4.59. The molecule has 0 saturated carbocycles. The van der Waals surface area contributed by atoms with Gasteiger partial charge in [-0.05, 0) is 23.8 Å². The van der Waals surface area contributed by atoms with Gasteiger partial charge in [0.2, 0.25) is 5.16 Å². The van der Waals surface area contributed by atoms with Crippen molar-refractivity contribution in [3.8, 4) is 0 Å². The van der Waals surface area contributed by atoms with Gasteiger partial charge in [0.05, 0.1) is 0 Å². The monoisotopic (exact) mass is 344 g/mol. The molecule has 7 heteroatoms. The van der Waals surface area contributed by atoms with E-state index in [2.05, 4.69) is 20.2 Å². The summed E-state index contributed by atoms with van der Waals surface area (Å²) < 4.78 is 13.1. The van der Waals surface area contributed by atoms with E-state index in [0.717, 1.165) is 22.0 Å². The lowest BCUT2D eigenvalue weighted by molar-refractivity contribution is 0.627. The molecule has 23 heavy (non-hydrogen) atoms. The molecule has 114 valence electrons. The number of rotatable bonds is 3. The van der Waals surface area contributed by atoms with Gasteiger partial charge in [0, 0.05) is 21.7 Å². The molecule has 0 fully saturated rings. The topological polar surface area (TPSA) is 54.5 Å². The second-order valence-corrected chi connectivity index (χ2v) is 6.34. The van der Waals surface area contributed by atoms with Crippen molar-refractivity contribution in [3.63, 3.8) is 0 Å². The third-order valence-corrected chi connectivity index (χ3v) is 4.71. The normalized spacial score (nSPS) is 11.4. The zero-order valence-electron chi connectivity index (χ0n) is 11.8. The van der Waals surface area contributed by atoms with Crippen molar-refractivity contribution in [2.24, 2.45) is 0 Å². The van der Waals surface area contributed by atoms with E-state index in [9.17, 15) is 4.39 Å². The lowest BCUT2D eigenvalue weighted by Crippen LogP contribution is -1.92. The van der Waals surface area contributed by atoms with Gasteiger partial charge in [0.15, 0.2) is 5.65 Å². The molecule has 0 spiro atoms. The average molecular weight is 345 g/mol. The summed E-state index contributed by atoms with van der Waals surface area (Å²) in [5, 5.41) is 10.4. The summed E-state index contributed by atoms with van der Waals surface area (Å²) in [7, 11) is 0. The first-order valence-electron chi connectivity index (χ1n) is 6.88. The van der Waals surface area contributed by atoms with E-state index >= 15 is 0 Å². The number of nitrogens with zero attached hydrogens (tertiary/aromatic N) is 3.